The highest BCUT2D eigenvalue weighted by atomic mass is 32.2. The Labute approximate surface area is 174 Å². The van der Waals surface area contributed by atoms with Crippen molar-refractivity contribution in [2.24, 2.45) is 0 Å². The van der Waals surface area contributed by atoms with Crippen LogP contribution in [0.4, 0.5) is 14.5 Å². The van der Waals surface area contributed by atoms with Crippen molar-refractivity contribution >= 4 is 43.5 Å². The summed E-state index contributed by atoms with van der Waals surface area (Å²) in [5.74, 6) is -2.97. The second-order valence-corrected chi connectivity index (χ2v) is 8.09. The predicted octanol–water partition coefficient (Wildman–Crippen LogP) is 3.57. The molecule has 0 aliphatic heterocycles. The minimum atomic E-state index is -4.04. The third-order valence-electron chi connectivity index (χ3n) is 4.29. The van der Waals surface area contributed by atoms with E-state index in [1.807, 2.05) is 0 Å². The van der Waals surface area contributed by atoms with Crippen LogP contribution in [0.25, 0.3) is 21.8 Å². The summed E-state index contributed by atoms with van der Waals surface area (Å²) in [6.45, 7) is 1.60. The molecule has 0 bridgehead atoms. The maximum atomic E-state index is 13.3. The quantitative estimate of drug-likeness (QED) is 0.378. The molecule has 4 rings (SSSR count). The molecule has 162 valence electrons. The average molecular weight is 449 g/mol. The molecule has 0 unspecified atom stereocenters. The number of pyridine rings is 1. The zero-order valence-electron chi connectivity index (χ0n) is 16.1. The summed E-state index contributed by atoms with van der Waals surface area (Å²) < 4.78 is 53.6. The van der Waals surface area contributed by atoms with Crippen molar-refractivity contribution in [2.75, 3.05) is 4.72 Å². The van der Waals surface area contributed by atoms with Gasteiger partial charge in [0.25, 0.3) is 15.6 Å². The molecule has 0 aliphatic carbocycles. The Morgan fingerprint density at radius 3 is 2.42 bits per heavy atom. The van der Waals surface area contributed by atoms with Crippen LogP contribution in [0.1, 0.15) is 13.3 Å². The molecule has 0 amide bonds. The molecule has 31 heavy (non-hydrogen) atoms. The second kappa shape index (κ2) is 8.56. The van der Waals surface area contributed by atoms with E-state index in [9.17, 15) is 26.8 Å². The van der Waals surface area contributed by atoms with E-state index in [0.717, 1.165) is 18.2 Å². The highest BCUT2D eigenvalue weighted by Gasteiger charge is 2.17. The first kappa shape index (κ1) is 22.0. The highest BCUT2D eigenvalue weighted by Crippen LogP contribution is 2.25. The first-order chi connectivity index (χ1) is 14.6. The molecule has 0 saturated carbocycles. The Kier molecular flexibility index (Phi) is 6.07. The van der Waals surface area contributed by atoms with Gasteiger partial charge in [0.1, 0.15) is 5.52 Å². The smallest absolute Gasteiger partial charge is 0.303 e. The minimum Gasteiger partial charge on any atom is -0.481 e. The van der Waals surface area contributed by atoms with Crippen LogP contribution in [0.5, 0.6) is 0 Å². The van der Waals surface area contributed by atoms with Crippen LogP contribution in [0, 0.1) is 11.6 Å². The summed E-state index contributed by atoms with van der Waals surface area (Å²) in [5, 5.41) is 8.84. The van der Waals surface area contributed by atoms with Crippen LogP contribution in [0.2, 0.25) is 0 Å². The fraction of sp³-hybridized carbons (Fsp3) is 0.100. The topological polar surface area (TPSA) is 132 Å². The standard InChI is InChI=1S/C17H11F2N3O3S.C3H6O2/c18-13-3-1-9(7-14(13)19)22-26(24,25)10-2-4-15-12(8-10)11-5-6-20-16(11)17(23)21-15;1-2-3(4)5/h1-8,20,22H,(H,21,23);2H2,1H3,(H,4,5). The summed E-state index contributed by atoms with van der Waals surface area (Å²) in [4.78, 5) is 26.7. The SMILES string of the molecule is CCC(=O)O.O=c1[nH]c2ccc(S(=O)(=O)Nc3ccc(F)c(F)c3)cc2c2cc[nH]c12. The zero-order chi connectivity index (χ0) is 22.8. The number of benzene rings is 2. The van der Waals surface area contributed by atoms with Gasteiger partial charge < -0.3 is 15.1 Å². The lowest BCUT2D eigenvalue weighted by atomic mass is 10.1. The van der Waals surface area contributed by atoms with Crippen molar-refractivity contribution < 1.29 is 27.1 Å². The number of anilines is 1. The van der Waals surface area contributed by atoms with E-state index in [2.05, 4.69) is 14.7 Å². The molecule has 4 aromatic rings. The number of sulfonamides is 1. The van der Waals surface area contributed by atoms with Crippen LogP contribution in [0.15, 0.2) is 58.4 Å². The molecule has 2 aromatic carbocycles. The van der Waals surface area contributed by atoms with Gasteiger partial charge in [0, 0.05) is 35.0 Å². The Hall–Kier alpha value is -3.73. The van der Waals surface area contributed by atoms with Gasteiger partial charge in [0.2, 0.25) is 0 Å². The Morgan fingerprint density at radius 2 is 1.77 bits per heavy atom. The number of nitrogens with one attached hydrogen (secondary N) is 3. The fourth-order valence-electron chi connectivity index (χ4n) is 2.76. The molecular weight excluding hydrogens is 432 g/mol. The molecule has 4 N–H and O–H groups in total. The lowest BCUT2D eigenvalue weighted by Crippen LogP contribution is -2.13. The summed E-state index contributed by atoms with van der Waals surface area (Å²) in [6, 6.07) is 8.59. The van der Waals surface area contributed by atoms with E-state index in [1.54, 1.807) is 19.2 Å². The average Bonchev–Trinajstić information content (AvgIpc) is 3.22. The Morgan fingerprint density at radius 1 is 1.06 bits per heavy atom. The molecule has 0 spiro atoms. The van der Waals surface area contributed by atoms with Crippen molar-refractivity contribution in [2.45, 2.75) is 18.2 Å². The largest absolute Gasteiger partial charge is 0.481 e. The van der Waals surface area contributed by atoms with Crippen molar-refractivity contribution in [3.05, 3.63) is 70.6 Å². The lowest BCUT2D eigenvalue weighted by molar-refractivity contribution is -0.136. The van der Waals surface area contributed by atoms with E-state index in [1.165, 1.54) is 18.2 Å². The Bertz CT molecular complexity index is 1440. The van der Waals surface area contributed by atoms with Crippen LogP contribution < -0.4 is 10.3 Å². The highest BCUT2D eigenvalue weighted by molar-refractivity contribution is 7.92. The third kappa shape index (κ3) is 4.72. The molecule has 2 aromatic heterocycles. The summed E-state index contributed by atoms with van der Waals surface area (Å²) in [6.07, 6.45) is 1.81. The summed E-state index contributed by atoms with van der Waals surface area (Å²) >= 11 is 0. The van der Waals surface area contributed by atoms with Crippen LogP contribution in [-0.4, -0.2) is 29.5 Å². The van der Waals surface area contributed by atoms with Crippen molar-refractivity contribution in [1.82, 2.24) is 9.97 Å². The maximum absolute atomic E-state index is 13.3. The number of aromatic amines is 2. The molecule has 0 radical (unpaired) electrons. The molecule has 0 aliphatic rings. The normalized spacial score (nSPS) is 11.2. The van der Waals surface area contributed by atoms with Gasteiger partial charge >= 0.3 is 5.97 Å². The van der Waals surface area contributed by atoms with E-state index >= 15 is 0 Å². The number of H-pyrrole nitrogens is 2. The minimum absolute atomic E-state index is 0.0794. The molecular formula is C20H17F2N3O5S. The molecule has 0 fully saturated rings. The van der Waals surface area contributed by atoms with Crippen molar-refractivity contribution in [3.8, 4) is 0 Å². The maximum Gasteiger partial charge on any atom is 0.303 e. The number of fused-ring (bicyclic) bond motifs is 3. The number of halogens is 2. The number of hydrogen-bond acceptors (Lipinski definition) is 4. The number of hydrogen-bond donors (Lipinski definition) is 4. The number of carboxylic acids is 1. The molecule has 11 heteroatoms. The van der Waals surface area contributed by atoms with Gasteiger partial charge in [-0.1, -0.05) is 6.92 Å². The molecule has 0 saturated heterocycles. The Balaban J connectivity index is 0.000000491. The molecule has 2 heterocycles. The van der Waals surface area contributed by atoms with E-state index in [0.29, 0.717) is 21.8 Å². The van der Waals surface area contributed by atoms with Gasteiger partial charge in [-0.3, -0.25) is 14.3 Å². The van der Waals surface area contributed by atoms with Crippen LogP contribution in [-0.2, 0) is 14.8 Å². The van der Waals surface area contributed by atoms with Gasteiger partial charge in [-0.2, -0.15) is 0 Å². The number of aromatic nitrogens is 2. The predicted molar refractivity (Wildman–Crippen MR) is 112 cm³/mol. The van der Waals surface area contributed by atoms with Crippen molar-refractivity contribution in [3.63, 3.8) is 0 Å². The van der Waals surface area contributed by atoms with E-state index in [4.69, 9.17) is 5.11 Å². The van der Waals surface area contributed by atoms with Gasteiger partial charge in [0.05, 0.1) is 10.6 Å². The molecule has 0 atom stereocenters. The van der Waals surface area contributed by atoms with Crippen LogP contribution >= 0.6 is 0 Å². The van der Waals surface area contributed by atoms with Crippen LogP contribution in [0.3, 0.4) is 0 Å². The number of carbonyl (C=O) groups is 1. The monoisotopic (exact) mass is 449 g/mol. The number of carboxylic acid groups (broad SMARTS) is 1. The first-order valence-corrected chi connectivity index (χ1v) is 10.4. The lowest BCUT2D eigenvalue weighted by Gasteiger charge is -2.09. The van der Waals surface area contributed by atoms with Gasteiger partial charge in [-0.25, -0.2) is 17.2 Å². The third-order valence-corrected chi connectivity index (χ3v) is 5.67. The van der Waals surface area contributed by atoms with Crippen molar-refractivity contribution in [1.29, 1.82) is 0 Å². The number of rotatable bonds is 4. The summed E-state index contributed by atoms with van der Waals surface area (Å²) in [7, 11) is -4.04. The second-order valence-electron chi connectivity index (χ2n) is 6.41. The molecule has 8 nitrogen and oxygen atoms in total. The van der Waals surface area contributed by atoms with Gasteiger partial charge in [-0.15, -0.1) is 0 Å². The first-order valence-electron chi connectivity index (χ1n) is 8.95. The van der Waals surface area contributed by atoms with Gasteiger partial charge in [-0.05, 0) is 36.4 Å². The zero-order valence-corrected chi connectivity index (χ0v) is 16.9. The van der Waals surface area contributed by atoms with E-state index in [-0.39, 0.29) is 22.6 Å². The van der Waals surface area contributed by atoms with Gasteiger partial charge in [0.15, 0.2) is 11.6 Å². The van der Waals surface area contributed by atoms with E-state index < -0.39 is 27.6 Å². The summed E-state index contributed by atoms with van der Waals surface area (Å²) in [5.41, 5.74) is 0.403. The fourth-order valence-corrected chi connectivity index (χ4v) is 3.84. The number of aliphatic carboxylic acids is 1.